The molecule has 0 bridgehead atoms. The van der Waals surface area contributed by atoms with Crippen LogP contribution in [0.2, 0.25) is 0 Å². The molecule has 2 rings (SSSR count). The van der Waals surface area contributed by atoms with E-state index in [4.69, 9.17) is 4.74 Å². The third-order valence-electron chi connectivity index (χ3n) is 4.32. The Labute approximate surface area is 179 Å². The normalized spacial score (nSPS) is 10.3. The standard InChI is InChI=1S/C21H24N2O6S/c1-28-19-9-8-17(12-18(19)23(26)27)14-30-15-20(24)22(11-10-21(25)29-2)13-16-6-4-3-5-7-16/h3-9,12H,10-11,13-15H2,1-2H3. The van der Waals surface area contributed by atoms with Crippen molar-refractivity contribution in [2.75, 3.05) is 26.5 Å². The molecule has 0 aliphatic carbocycles. The minimum Gasteiger partial charge on any atom is -0.490 e. The number of nitro groups is 1. The van der Waals surface area contributed by atoms with Gasteiger partial charge < -0.3 is 14.4 Å². The first-order valence-corrected chi connectivity index (χ1v) is 10.4. The van der Waals surface area contributed by atoms with Gasteiger partial charge in [-0.25, -0.2) is 0 Å². The number of methoxy groups -OCH3 is 2. The van der Waals surface area contributed by atoms with Crippen LogP contribution in [-0.2, 0) is 26.6 Å². The Balaban J connectivity index is 1.98. The van der Waals surface area contributed by atoms with Gasteiger partial charge in [0.2, 0.25) is 5.91 Å². The lowest BCUT2D eigenvalue weighted by Crippen LogP contribution is -2.34. The van der Waals surface area contributed by atoms with Crippen molar-refractivity contribution in [1.29, 1.82) is 0 Å². The van der Waals surface area contributed by atoms with Crippen LogP contribution in [0.3, 0.4) is 0 Å². The first kappa shape index (κ1) is 23.2. The lowest BCUT2D eigenvalue weighted by Gasteiger charge is -2.22. The second-order valence-electron chi connectivity index (χ2n) is 6.38. The van der Waals surface area contributed by atoms with Crippen LogP contribution in [0.15, 0.2) is 48.5 Å². The minimum absolute atomic E-state index is 0.106. The Hall–Kier alpha value is -3.07. The Bertz CT molecular complexity index is 875. The molecule has 0 spiro atoms. The van der Waals surface area contributed by atoms with Crippen molar-refractivity contribution in [3.8, 4) is 5.75 Å². The molecule has 0 radical (unpaired) electrons. The molecule has 160 valence electrons. The molecule has 1 amide bonds. The van der Waals surface area contributed by atoms with E-state index in [0.29, 0.717) is 12.3 Å². The Morgan fingerprint density at radius 2 is 1.83 bits per heavy atom. The highest BCUT2D eigenvalue weighted by Crippen LogP contribution is 2.29. The maximum absolute atomic E-state index is 12.7. The highest BCUT2D eigenvalue weighted by atomic mass is 32.2. The van der Waals surface area contributed by atoms with E-state index in [1.165, 1.54) is 32.0 Å². The summed E-state index contributed by atoms with van der Waals surface area (Å²) in [6.45, 7) is 0.653. The maximum atomic E-state index is 12.7. The van der Waals surface area contributed by atoms with Gasteiger partial charge in [0, 0.05) is 24.9 Å². The number of amides is 1. The number of rotatable bonds is 11. The summed E-state index contributed by atoms with van der Waals surface area (Å²) in [4.78, 5) is 36.5. The average molecular weight is 432 g/mol. The van der Waals surface area contributed by atoms with Gasteiger partial charge >= 0.3 is 11.7 Å². The van der Waals surface area contributed by atoms with Crippen molar-refractivity contribution in [1.82, 2.24) is 4.90 Å². The highest BCUT2D eigenvalue weighted by molar-refractivity contribution is 7.99. The maximum Gasteiger partial charge on any atom is 0.311 e. The van der Waals surface area contributed by atoms with Crippen LogP contribution in [0.5, 0.6) is 5.75 Å². The van der Waals surface area contributed by atoms with Gasteiger partial charge in [0.05, 0.1) is 31.3 Å². The SMILES string of the molecule is COC(=O)CCN(Cc1ccccc1)C(=O)CSCc1ccc(OC)c([N+](=O)[O-])c1. The topological polar surface area (TPSA) is 99.0 Å². The molecule has 0 fully saturated rings. The number of hydrogen-bond acceptors (Lipinski definition) is 7. The predicted molar refractivity (Wildman–Crippen MR) is 114 cm³/mol. The zero-order valence-corrected chi connectivity index (χ0v) is 17.7. The summed E-state index contributed by atoms with van der Waals surface area (Å²) in [5, 5.41) is 11.1. The Kier molecular flexibility index (Phi) is 9.14. The van der Waals surface area contributed by atoms with Crippen LogP contribution in [0.25, 0.3) is 0 Å². The van der Waals surface area contributed by atoms with Gasteiger partial charge in [-0.15, -0.1) is 11.8 Å². The molecule has 0 atom stereocenters. The third-order valence-corrected chi connectivity index (χ3v) is 5.31. The van der Waals surface area contributed by atoms with Crippen molar-refractivity contribution in [2.45, 2.75) is 18.7 Å². The molecule has 2 aromatic rings. The minimum atomic E-state index is -0.493. The Morgan fingerprint density at radius 3 is 2.47 bits per heavy atom. The number of thioether (sulfide) groups is 1. The molecule has 9 heteroatoms. The van der Waals surface area contributed by atoms with Crippen molar-refractivity contribution >= 4 is 29.3 Å². The molecule has 0 saturated heterocycles. The van der Waals surface area contributed by atoms with Crippen molar-refractivity contribution in [3.05, 3.63) is 69.8 Å². The summed E-state index contributed by atoms with van der Waals surface area (Å²) >= 11 is 1.36. The molecular formula is C21H24N2O6S. The van der Waals surface area contributed by atoms with E-state index in [1.54, 1.807) is 17.0 Å². The van der Waals surface area contributed by atoms with Gasteiger partial charge in [-0.05, 0) is 17.2 Å². The molecule has 0 heterocycles. The molecule has 0 aliphatic rings. The number of benzene rings is 2. The quantitative estimate of drug-likeness (QED) is 0.305. The Morgan fingerprint density at radius 1 is 1.10 bits per heavy atom. The predicted octanol–water partition coefficient (Wildman–Crippen LogP) is 3.43. The summed E-state index contributed by atoms with van der Waals surface area (Å²) in [5.74, 6) is 0.331. The first-order valence-electron chi connectivity index (χ1n) is 9.22. The molecule has 0 aromatic heterocycles. The summed E-state index contributed by atoms with van der Waals surface area (Å²) < 4.78 is 9.67. The van der Waals surface area contributed by atoms with Gasteiger partial charge in [-0.2, -0.15) is 0 Å². The smallest absolute Gasteiger partial charge is 0.311 e. The molecule has 30 heavy (non-hydrogen) atoms. The summed E-state index contributed by atoms with van der Waals surface area (Å²) in [7, 11) is 2.70. The molecule has 0 N–H and O–H groups in total. The molecule has 0 unspecified atom stereocenters. The second kappa shape index (κ2) is 11.8. The highest BCUT2D eigenvalue weighted by Gasteiger charge is 2.18. The van der Waals surface area contributed by atoms with Crippen molar-refractivity contribution < 1.29 is 24.0 Å². The van der Waals surface area contributed by atoms with Gasteiger partial charge in [0.1, 0.15) is 0 Å². The lowest BCUT2D eigenvalue weighted by atomic mass is 10.2. The number of nitro benzene ring substituents is 1. The monoisotopic (exact) mass is 432 g/mol. The number of carbonyl (C=O) groups is 2. The van der Waals surface area contributed by atoms with E-state index in [1.807, 2.05) is 30.3 Å². The number of hydrogen-bond donors (Lipinski definition) is 0. The summed E-state index contributed by atoms with van der Waals surface area (Å²) in [5.41, 5.74) is 1.58. The van der Waals surface area contributed by atoms with Gasteiger partial charge in [0.15, 0.2) is 5.75 Å². The van der Waals surface area contributed by atoms with Crippen LogP contribution in [0.1, 0.15) is 17.5 Å². The molecular weight excluding hydrogens is 408 g/mol. The zero-order chi connectivity index (χ0) is 21.9. The van der Waals surface area contributed by atoms with Gasteiger partial charge in [-0.3, -0.25) is 19.7 Å². The molecule has 0 aliphatic heterocycles. The van der Waals surface area contributed by atoms with Crippen molar-refractivity contribution in [2.24, 2.45) is 0 Å². The van der Waals surface area contributed by atoms with E-state index in [-0.39, 0.29) is 42.0 Å². The van der Waals surface area contributed by atoms with Crippen LogP contribution >= 0.6 is 11.8 Å². The third kappa shape index (κ3) is 7.07. The number of nitrogens with zero attached hydrogens (tertiary/aromatic N) is 2. The number of esters is 1. The molecule has 0 saturated carbocycles. The largest absolute Gasteiger partial charge is 0.490 e. The molecule has 8 nitrogen and oxygen atoms in total. The van der Waals surface area contributed by atoms with Crippen LogP contribution in [-0.4, -0.2) is 48.2 Å². The number of ether oxygens (including phenoxy) is 2. The van der Waals surface area contributed by atoms with E-state index in [2.05, 4.69) is 4.74 Å². The fourth-order valence-electron chi connectivity index (χ4n) is 2.74. The number of carbonyl (C=O) groups excluding carboxylic acids is 2. The van der Waals surface area contributed by atoms with Crippen LogP contribution < -0.4 is 4.74 Å². The zero-order valence-electron chi connectivity index (χ0n) is 16.9. The van der Waals surface area contributed by atoms with E-state index < -0.39 is 4.92 Å². The average Bonchev–Trinajstić information content (AvgIpc) is 2.76. The van der Waals surface area contributed by atoms with Crippen LogP contribution in [0.4, 0.5) is 5.69 Å². The van der Waals surface area contributed by atoms with E-state index in [9.17, 15) is 19.7 Å². The second-order valence-corrected chi connectivity index (χ2v) is 7.37. The fourth-order valence-corrected chi connectivity index (χ4v) is 3.61. The van der Waals surface area contributed by atoms with Crippen LogP contribution in [0, 0.1) is 10.1 Å². The lowest BCUT2D eigenvalue weighted by molar-refractivity contribution is -0.385. The van der Waals surface area contributed by atoms with E-state index in [0.717, 1.165) is 11.1 Å². The van der Waals surface area contributed by atoms with Gasteiger partial charge in [0.25, 0.3) is 0 Å². The summed E-state index contributed by atoms with van der Waals surface area (Å²) in [6.07, 6.45) is 0.115. The van der Waals surface area contributed by atoms with Gasteiger partial charge in [-0.1, -0.05) is 36.4 Å². The molecule has 2 aromatic carbocycles. The fraction of sp³-hybridized carbons (Fsp3) is 0.333. The van der Waals surface area contributed by atoms with Crippen molar-refractivity contribution in [3.63, 3.8) is 0 Å². The first-order chi connectivity index (χ1) is 14.4. The van der Waals surface area contributed by atoms with E-state index >= 15 is 0 Å². The summed E-state index contributed by atoms with van der Waals surface area (Å²) in [6, 6.07) is 14.3.